The number of hydrogen-bond donors (Lipinski definition) is 1. The first kappa shape index (κ1) is 23.1. The number of nitrogens with one attached hydrogen (secondary N) is 1. The molecule has 3 amide bonds. The van der Waals surface area contributed by atoms with Crippen molar-refractivity contribution < 1.29 is 14.4 Å². The van der Waals surface area contributed by atoms with E-state index in [2.05, 4.69) is 10.2 Å². The third kappa shape index (κ3) is 5.99. The second kappa shape index (κ2) is 11.2. The van der Waals surface area contributed by atoms with Crippen molar-refractivity contribution in [3.63, 3.8) is 0 Å². The highest BCUT2D eigenvalue weighted by atomic mass is 16.2. The first-order valence-electron chi connectivity index (χ1n) is 11.7. The summed E-state index contributed by atoms with van der Waals surface area (Å²) in [4.78, 5) is 43.1. The van der Waals surface area contributed by atoms with Crippen LogP contribution in [0, 0.1) is 5.92 Å². The van der Waals surface area contributed by atoms with Gasteiger partial charge in [-0.15, -0.1) is 0 Å². The minimum atomic E-state index is -0.0950. The molecule has 7 heteroatoms. The van der Waals surface area contributed by atoms with Crippen LogP contribution in [-0.2, 0) is 9.59 Å². The number of carbonyl (C=O) groups is 3. The normalized spacial score (nSPS) is 18.9. The summed E-state index contributed by atoms with van der Waals surface area (Å²) in [6.07, 6.45) is 4.25. The molecular formula is C24H36N4O3. The van der Waals surface area contributed by atoms with Gasteiger partial charge in [0.25, 0.3) is 5.91 Å². The lowest BCUT2D eigenvalue weighted by Gasteiger charge is -2.36. The van der Waals surface area contributed by atoms with Crippen LogP contribution in [0.25, 0.3) is 0 Å². The molecule has 1 aromatic rings. The van der Waals surface area contributed by atoms with Crippen LogP contribution in [0.15, 0.2) is 24.3 Å². The zero-order chi connectivity index (χ0) is 22.2. The summed E-state index contributed by atoms with van der Waals surface area (Å²) in [6.45, 7) is 9.22. The van der Waals surface area contributed by atoms with Crippen LogP contribution in [0.2, 0.25) is 0 Å². The Morgan fingerprint density at radius 2 is 1.97 bits per heavy atom. The number of anilines is 1. The highest BCUT2D eigenvalue weighted by Crippen LogP contribution is 2.25. The van der Waals surface area contributed by atoms with Gasteiger partial charge in [0, 0.05) is 63.5 Å². The van der Waals surface area contributed by atoms with Crippen LogP contribution in [0.3, 0.4) is 0 Å². The van der Waals surface area contributed by atoms with E-state index in [9.17, 15) is 14.4 Å². The summed E-state index contributed by atoms with van der Waals surface area (Å²) in [5, 5.41) is 2.97. The molecule has 2 aliphatic heterocycles. The summed E-state index contributed by atoms with van der Waals surface area (Å²) >= 11 is 0. The minimum absolute atomic E-state index is 0.0134. The molecule has 1 aromatic carbocycles. The topological polar surface area (TPSA) is 73.0 Å². The van der Waals surface area contributed by atoms with Gasteiger partial charge in [0.1, 0.15) is 0 Å². The van der Waals surface area contributed by atoms with Gasteiger partial charge in [-0.1, -0.05) is 6.07 Å². The van der Waals surface area contributed by atoms with Crippen LogP contribution < -0.4 is 10.2 Å². The average Bonchev–Trinajstić information content (AvgIpc) is 3.22. The number of piperidine rings is 1. The Kier molecular flexibility index (Phi) is 8.32. The molecule has 2 aliphatic rings. The maximum absolute atomic E-state index is 12.8. The Labute approximate surface area is 185 Å². The summed E-state index contributed by atoms with van der Waals surface area (Å²) in [5.74, 6) is 0.375. The molecule has 2 heterocycles. The van der Waals surface area contributed by atoms with Crippen molar-refractivity contribution in [2.45, 2.75) is 46.0 Å². The maximum atomic E-state index is 12.8. The van der Waals surface area contributed by atoms with Crippen molar-refractivity contribution in [1.82, 2.24) is 15.1 Å². The quantitative estimate of drug-likeness (QED) is 0.614. The number of rotatable bonds is 9. The number of amides is 3. The number of likely N-dealkylation sites (tertiary alicyclic amines) is 1. The van der Waals surface area contributed by atoms with Crippen LogP contribution in [0.5, 0.6) is 0 Å². The third-order valence-corrected chi connectivity index (χ3v) is 6.38. The summed E-state index contributed by atoms with van der Waals surface area (Å²) in [7, 11) is 0. The molecule has 0 aromatic heterocycles. The molecule has 0 radical (unpaired) electrons. The van der Waals surface area contributed by atoms with Gasteiger partial charge >= 0.3 is 0 Å². The summed E-state index contributed by atoms with van der Waals surface area (Å²) in [5.41, 5.74) is 1.62. The molecule has 2 saturated heterocycles. The zero-order valence-electron chi connectivity index (χ0n) is 18.9. The summed E-state index contributed by atoms with van der Waals surface area (Å²) < 4.78 is 0. The third-order valence-electron chi connectivity index (χ3n) is 6.38. The van der Waals surface area contributed by atoms with E-state index in [1.165, 1.54) is 0 Å². The van der Waals surface area contributed by atoms with Crippen molar-refractivity contribution in [1.29, 1.82) is 0 Å². The number of benzene rings is 1. The Bertz CT molecular complexity index is 778. The van der Waals surface area contributed by atoms with Gasteiger partial charge in [0.05, 0.1) is 5.92 Å². The fraction of sp³-hybridized carbons (Fsp3) is 0.625. The van der Waals surface area contributed by atoms with Crippen LogP contribution in [0.4, 0.5) is 5.69 Å². The lowest BCUT2D eigenvalue weighted by Crippen LogP contribution is -2.45. The van der Waals surface area contributed by atoms with E-state index in [0.717, 1.165) is 57.5 Å². The van der Waals surface area contributed by atoms with E-state index in [-0.39, 0.29) is 23.6 Å². The van der Waals surface area contributed by atoms with Crippen molar-refractivity contribution in [3.8, 4) is 0 Å². The predicted molar refractivity (Wildman–Crippen MR) is 122 cm³/mol. The standard InChI is InChI=1S/C24H36N4O3/c1-3-26(4-2)24(31)20-10-6-15-28(18-20)21-11-5-9-19(17-21)23(30)25-13-8-16-27-14-7-12-22(27)29/h5,9,11,17,20H,3-4,6-8,10,12-16,18H2,1-2H3,(H,25,30). The second-order valence-corrected chi connectivity index (χ2v) is 8.44. The van der Waals surface area contributed by atoms with E-state index < -0.39 is 0 Å². The molecule has 31 heavy (non-hydrogen) atoms. The Balaban J connectivity index is 1.53. The minimum Gasteiger partial charge on any atom is -0.371 e. The molecule has 0 aliphatic carbocycles. The molecule has 0 saturated carbocycles. The average molecular weight is 429 g/mol. The molecule has 1 unspecified atom stereocenters. The van der Waals surface area contributed by atoms with E-state index >= 15 is 0 Å². The van der Waals surface area contributed by atoms with Crippen LogP contribution >= 0.6 is 0 Å². The van der Waals surface area contributed by atoms with Gasteiger partial charge in [0.2, 0.25) is 11.8 Å². The number of hydrogen-bond acceptors (Lipinski definition) is 4. The van der Waals surface area contributed by atoms with Crippen LogP contribution in [-0.4, -0.2) is 73.3 Å². The first-order valence-corrected chi connectivity index (χ1v) is 11.7. The summed E-state index contributed by atoms with van der Waals surface area (Å²) in [6, 6.07) is 7.66. The van der Waals surface area contributed by atoms with E-state index in [1.807, 2.05) is 47.9 Å². The first-order chi connectivity index (χ1) is 15.0. The van der Waals surface area contributed by atoms with Gasteiger partial charge in [0.15, 0.2) is 0 Å². The lowest BCUT2D eigenvalue weighted by atomic mass is 9.95. The zero-order valence-corrected chi connectivity index (χ0v) is 18.9. The largest absolute Gasteiger partial charge is 0.371 e. The molecule has 1 N–H and O–H groups in total. The molecule has 0 bridgehead atoms. The van der Waals surface area contributed by atoms with Gasteiger partial charge in [-0.3, -0.25) is 14.4 Å². The molecule has 1 atom stereocenters. The van der Waals surface area contributed by atoms with Gasteiger partial charge in [-0.25, -0.2) is 0 Å². The smallest absolute Gasteiger partial charge is 0.251 e. The molecule has 3 rings (SSSR count). The van der Waals surface area contributed by atoms with Gasteiger partial charge < -0.3 is 20.0 Å². The molecule has 0 spiro atoms. The van der Waals surface area contributed by atoms with Crippen molar-refractivity contribution in [2.75, 3.05) is 50.7 Å². The lowest BCUT2D eigenvalue weighted by molar-refractivity contribution is -0.135. The van der Waals surface area contributed by atoms with Crippen molar-refractivity contribution in [2.24, 2.45) is 5.92 Å². The fourth-order valence-corrected chi connectivity index (χ4v) is 4.56. The van der Waals surface area contributed by atoms with Crippen LogP contribution in [0.1, 0.15) is 56.3 Å². The Morgan fingerprint density at radius 3 is 2.68 bits per heavy atom. The number of carbonyl (C=O) groups excluding carboxylic acids is 3. The second-order valence-electron chi connectivity index (χ2n) is 8.44. The highest BCUT2D eigenvalue weighted by molar-refractivity contribution is 5.95. The van der Waals surface area contributed by atoms with E-state index in [1.54, 1.807) is 0 Å². The molecule has 7 nitrogen and oxygen atoms in total. The van der Waals surface area contributed by atoms with E-state index in [0.29, 0.717) is 31.6 Å². The monoisotopic (exact) mass is 428 g/mol. The Hall–Kier alpha value is -2.57. The molecule has 170 valence electrons. The van der Waals surface area contributed by atoms with Crippen molar-refractivity contribution in [3.05, 3.63) is 29.8 Å². The molecular weight excluding hydrogens is 392 g/mol. The highest BCUT2D eigenvalue weighted by Gasteiger charge is 2.28. The predicted octanol–water partition coefficient (Wildman–Crippen LogP) is 2.51. The van der Waals surface area contributed by atoms with E-state index in [4.69, 9.17) is 0 Å². The van der Waals surface area contributed by atoms with Gasteiger partial charge in [-0.2, -0.15) is 0 Å². The molecule has 2 fully saturated rings. The van der Waals surface area contributed by atoms with Gasteiger partial charge in [-0.05, 0) is 57.7 Å². The van der Waals surface area contributed by atoms with Crippen molar-refractivity contribution >= 4 is 23.4 Å². The Morgan fingerprint density at radius 1 is 1.16 bits per heavy atom. The number of nitrogens with zero attached hydrogens (tertiary/aromatic N) is 3. The fourth-order valence-electron chi connectivity index (χ4n) is 4.56. The maximum Gasteiger partial charge on any atom is 0.251 e. The SMILES string of the molecule is CCN(CC)C(=O)C1CCCN(c2cccc(C(=O)NCCCN3CCCC3=O)c2)C1.